The van der Waals surface area contributed by atoms with Crippen molar-refractivity contribution in [3.8, 4) is 0 Å². The second-order valence-electron chi connectivity index (χ2n) is 5.27. The summed E-state index contributed by atoms with van der Waals surface area (Å²) in [5, 5.41) is 4.65. The van der Waals surface area contributed by atoms with E-state index in [1.807, 2.05) is 19.1 Å². The Balaban J connectivity index is 2.13. The Morgan fingerprint density at radius 2 is 2.15 bits per heavy atom. The molecule has 1 aromatic carbocycles. The van der Waals surface area contributed by atoms with Gasteiger partial charge in [-0.3, -0.25) is 0 Å². The summed E-state index contributed by atoms with van der Waals surface area (Å²) in [6.45, 7) is 2.84. The highest BCUT2D eigenvalue weighted by atomic mass is 35.5. The lowest BCUT2D eigenvalue weighted by Gasteiger charge is -2.24. The molecule has 20 heavy (non-hydrogen) atoms. The Labute approximate surface area is 130 Å². The monoisotopic (exact) mass is 335 g/mol. The maximum atomic E-state index is 11.6. The van der Waals surface area contributed by atoms with Crippen LogP contribution in [0.3, 0.4) is 0 Å². The predicted molar refractivity (Wildman–Crippen MR) is 84.4 cm³/mol. The first-order valence-electron chi connectivity index (χ1n) is 6.79. The zero-order valence-electron chi connectivity index (χ0n) is 11.4. The molecule has 1 heterocycles. The van der Waals surface area contributed by atoms with Crippen molar-refractivity contribution in [1.29, 1.82) is 0 Å². The van der Waals surface area contributed by atoms with Crippen LogP contribution in [0.4, 0.5) is 0 Å². The third-order valence-corrected chi connectivity index (χ3v) is 6.14. The molecule has 2 atom stereocenters. The zero-order valence-corrected chi connectivity index (χ0v) is 13.7. The lowest BCUT2D eigenvalue weighted by molar-refractivity contribution is 0.386. The summed E-state index contributed by atoms with van der Waals surface area (Å²) in [6, 6.07) is 5.60. The summed E-state index contributed by atoms with van der Waals surface area (Å²) in [4.78, 5) is 0. The minimum absolute atomic E-state index is 0.135. The highest BCUT2D eigenvalue weighted by molar-refractivity contribution is 7.91. The van der Waals surface area contributed by atoms with Crippen LogP contribution in [0.1, 0.15) is 18.9 Å². The molecule has 1 N–H and O–H groups in total. The van der Waals surface area contributed by atoms with Crippen LogP contribution in [0.25, 0.3) is 0 Å². The van der Waals surface area contributed by atoms with E-state index in [1.54, 1.807) is 6.07 Å². The molecule has 0 aromatic heterocycles. The summed E-state index contributed by atoms with van der Waals surface area (Å²) in [5.74, 6) is 0.732. The van der Waals surface area contributed by atoms with Gasteiger partial charge in [-0.1, -0.05) is 36.2 Å². The molecule has 0 saturated carbocycles. The van der Waals surface area contributed by atoms with Crippen LogP contribution in [-0.2, 0) is 16.3 Å². The molecule has 0 aliphatic carbocycles. The average Bonchev–Trinajstić information content (AvgIpc) is 2.72. The summed E-state index contributed by atoms with van der Waals surface area (Å²) in [7, 11) is -2.86. The first-order chi connectivity index (χ1) is 9.41. The number of sulfone groups is 1. The smallest absolute Gasteiger partial charge is 0.150 e. The van der Waals surface area contributed by atoms with Crippen molar-refractivity contribution in [2.24, 2.45) is 5.92 Å². The van der Waals surface area contributed by atoms with E-state index in [4.69, 9.17) is 23.2 Å². The van der Waals surface area contributed by atoms with Gasteiger partial charge in [0.05, 0.1) is 11.5 Å². The van der Waals surface area contributed by atoms with Gasteiger partial charge in [-0.25, -0.2) is 8.42 Å². The number of halogens is 2. The van der Waals surface area contributed by atoms with Gasteiger partial charge >= 0.3 is 0 Å². The lowest BCUT2D eigenvalue weighted by atomic mass is 9.93. The van der Waals surface area contributed by atoms with Crippen LogP contribution in [-0.4, -0.2) is 32.5 Å². The van der Waals surface area contributed by atoms with Crippen LogP contribution in [0, 0.1) is 5.92 Å². The van der Waals surface area contributed by atoms with Crippen molar-refractivity contribution in [3.05, 3.63) is 33.8 Å². The Morgan fingerprint density at radius 1 is 1.40 bits per heavy atom. The number of hydrogen-bond donors (Lipinski definition) is 1. The van der Waals surface area contributed by atoms with Gasteiger partial charge in [0, 0.05) is 16.1 Å². The van der Waals surface area contributed by atoms with Gasteiger partial charge in [0.15, 0.2) is 9.84 Å². The lowest BCUT2D eigenvalue weighted by Crippen LogP contribution is -2.38. The van der Waals surface area contributed by atoms with Crippen molar-refractivity contribution in [2.45, 2.75) is 25.8 Å². The van der Waals surface area contributed by atoms with Crippen LogP contribution < -0.4 is 5.32 Å². The molecule has 1 aliphatic rings. The molecule has 1 aliphatic heterocycles. The molecule has 0 radical (unpaired) electrons. The number of rotatable bonds is 5. The number of likely N-dealkylation sites (N-methyl/N-ethyl adjacent to an activating group) is 1. The third-order valence-electron chi connectivity index (χ3n) is 3.76. The molecule has 0 bridgehead atoms. The predicted octanol–water partition coefficient (Wildman–Crippen LogP) is 2.95. The molecular formula is C14H19Cl2NO2S. The number of nitrogens with one attached hydrogen (secondary N) is 1. The van der Waals surface area contributed by atoms with Crippen molar-refractivity contribution in [1.82, 2.24) is 5.32 Å². The minimum atomic E-state index is -2.86. The Morgan fingerprint density at radius 3 is 2.70 bits per heavy atom. The van der Waals surface area contributed by atoms with Gasteiger partial charge in [0.1, 0.15) is 0 Å². The summed E-state index contributed by atoms with van der Waals surface area (Å²) in [6.07, 6.45) is 1.45. The Hall–Kier alpha value is -0.290. The fourth-order valence-corrected chi connectivity index (χ4v) is 5.10. The van der Waals surface area contributed by atoms with Gasteiger partial charge in [-0.05, 0) is 43.0 Å². The molecule has 112 valence electrons. The summed E-state index contributed by atoms with van der Waals surface area (Å²) >= 11 is 12.1. The van der Waals surface area contributed by atoms with Gasteiger partial charge in [0.25, 0.3) is 0 Å². The van der Waals surface area contributed by atoms with Gasteiger partial charge in [-0.15, -0.1) is 0 Å². The highest BCUT2D eigenvalue weighted by Crippen LogP contribution is 2.27. The van der Waals surface area contributed by atoms with E-state index in [1.165, 1.54) is 0 Å². The molecule has 1 saturated heterocycles. The van der Waals surface area contributed by atoms with Crippen molar-refractivity contribution >= 4 is 33.0 Å². The number of hydrogen-bond acceptors (Lipinski definition) is 3. The molecule has 2 unspecified atom stereocenters. The fourth-order valence-electron chi connectivity index (χ4n) is 2.73. The average molecular weight is 336 g/mol. The standard InChI is InChI=1S/C14H19Cl2NO2S/c1-2-17-14(11-5-6-20(18,19)9-11)7-10-3-4-12(15)8-13(10)16/h3-4,8,11,14,17H,2,5-7,9H2,1H3. The SMILES string of the molecule is CCNC(Cc1ccc(Cl)cc1Cl)C1CCS(=O)(=O)C1. The first-order valence-corrected chi connectivity index (χ1v) is 9.36. The fraction of sp³-hybridized carbons (Fsp3) is 0.571. The second kappa shape index (κ2) is 6.65. The molecule has 0 amide bonds. The Kier molecular flexibility index (Phi) is 5.35. The zero-order chi connectivity index (χ0) is 14.8. The van der Waals surface area contributed by atoms with Crippen molar-refractivity contribution in [2.75, 3.05) is 18.1 Å². The number of benzene rings is 1. The van der Waals surface area contributed by atoms with E-state index >= 15 is 0 Å². The topological polar surface area (TPSA) is 46.2 Å². The molecular weight excluding hydrogens is 317 g/mol. The highest BCUT2D eigenvalue weighted by Gasteiger charge is 2.33. The van der Waals surface area contributed by atoms with Gasteiger partial charge in [0.2, 0.25) is 0 Å². The van der Waals surface area contributed by atoms with Gasteiger partial charge < -0.3 is 5.32 Å². The molecule has 6 heteroatoms. The normalized spacial score (nSPS) is 22.9. The van der Waals surface area contributed by atoms with E-state index in [0.29, 0.717) is 15.8 Å². The largest absolute Gasteiger partial charge is 0.314 e. The van der Waals surface area contributed by atoms with Crippen LogP contribution >= 0.6 is 23.2 Å². The molecule has 2 rings (SSSR count). The van der Waals surface area contributed by atoms with E-state index < -0.39 is 9.84 Å². The Bertz CT molecular complexity index is 575. The van der Waals surface area contributed by atoms with Crippen molar-refractivity contribution in [3.63, 3.8) is 0 Å². The van der Waals surface area contributed by atoms with Crippen LogP contribution in [0.2, 0.25) is 10.0 Å². The third kappa shape index (κ3) is 4.10. The maximum absolute atomic E-state index is 11.6. The van der Waals surface area contributed by atoms with Crippen LogP contribution in [0.15, 0.2) is 18.2 Å². The first kappa shape index (κ1) is 16.1. The van der Waals surface area contributed by atoms with E-state index in [0.717, 1.165) is 24.9 Å². The molecule has 1 fully saturated rings. The van der Waals surface area contributed by atoms with Crippen molar-refractivity contribution < 1.29 is 8.42 Å². The molecule has 3 nitrogen and oxygen atoms in total. The molecule has 0 spiro atoms. The van der Waals surface area contributed by atoms with E-state index in [2.05, 4.69) is 5.32 Å². The van der Waals surface area contributed by atoms with E-state index in [9.17, 15) is 8.42 Å². The van der Waals surface area contributed by atoms with Gasteiger partial charge in [-0.2, -0.15) is 0 Å². The summed E-state index contributed by atoms with van der Waals surface area (Å²) < 4.78 is 23.3. The minimum Gasteiger partial charge on any atom is -0.314 e. The van der Waals surface area contributed by atoms with Crippen LogP contribution in [0.5, 0.6) is 0 Å². The molecule has 1 aromatic rings. The maximum Gasteiger partial charge on any atom is 0.150 e. The second-order valence-corrected chi connectivity index (χ2v) is 8.34. The summed E-state index contributed by atoms with van der Waals surface area (Å²) in [5.41, 5.74) is 1.01. The quantitative estimate of drug-likeness (QED) is 0.899. The van der Waals surface area contributed by atoms with E-state index in [-0.39, 0.29) is 17.7 Å².